The first kappa shape index (κ1) is 12.8. The minimum absolute atomic E-state index is 0.134. The number of benzene rings is 1. The Morgan fingerprint density at radius 3 is 2.35 bits per heavy atom. The molecule has 1 atom stereocenters. The maximum absolute atomic E-state index is 13.2. The second kappa shape index (κ2) is 4.92. The SMILES string of the molecule is Cc1cscc1C(Cl)c1cc(F)c(F)cc1Cl. The van der Waals surface area contributed by atoms with Gasteiger partial charge in [0.15, 0.2) is 11.6 Å². The lowest BCUT2D eigenvalue weighted by Crippen LogP contribution is -1.97. The van der Waals surface area contributed by atoms with Crippen molar-refractivity contribution in [3.8, 4) is 0 Å². The summed E-state index contributed by atoms with van der Waals surface area (Å²) < 4.78 is 26.1. The van der Waals surface area contributed by atoms with Crippen LogP contribution in [0.5, 0.6) is 0 Å². The van der Waals surface area contributed by atoms with Gasteiger partial charge in [0.1, 0.15) is 0 Å². The average molecular weight is 293 g/mol. The van der Waals surface area contributed by atoms with Crippen molar-refractivity contribution < 1.29 is 8.78 Å². The summed E-state index contributed by atoms with van der Waals surface area (Å²) in [5.74, 6) is -1.91. The normalized spacial score (nSPS) is 12.8. The first-order valence-corrected chi connectivity index (χ1v) is 6.57. The fraction of sp³-hybridized carbons (Fsp3) is 0.167. The smallest absolute Gasteiger partial charge is 0.160 e. The Kier molecular flexibility index (Phi) is 3.71. The molecule has 1 unspecified atom stereocenters. The highest BCUT2D eigenvalue weighted by molar-refractivity contribution is 7.08. The summed E-state index contributed by atoms with van der Waals surface area (Å²) in [6.07, 6.45) is 0. The van der Waals surface area contributed by atoms with E-state index in [1.54, 1.807) is 0 Å². The Balaban J connectivity index is 2.48. The van der Waals surface area contributed by atoms with Crippen molar-refractivity contribution in [1.29, 1.82) is 0 Å². The minimum Gasteiger partial charge on any atom is -0.204 e. The number of hydrogen-bond donors (Lipinski definition) is 0. The molecule has 1 aromatic carbocycles. The second-order valence-electron chi connectivity index (χ2n) is 3.66. The summed E-state index contributed by atoms with van der Waals surface area (Å²) >= 11 is 13.6. The molecule has 1 heterocycles. The van der Waals surface area contributed by atoms with Gasteiger partial charge < -0.3 is 0 Å². The zero-order chi connectivity index (χ0) is 12.6. The van der Waals surface area contributed by atoms with Crippen LogP contribution in [0, 0.1) is 18.6 Å². The largest absolute Gasteiger partial charge is 0.204 e. The van der Waals surface area contributed by atoms with Crippen molar-refractivity contribution in [3.05, 3.63) is 56.2 Å². The van der Waals surface area contributed by atoms with Gasteiger partial charge in [-0.15, -0.1) is 11.6 Å². The molecule has 2 rings (SSSR count). The van der Waals surface area contributed by atoms with Crippen molar-refractivity contribution in [2.45, 2.75) is 12.3 Å². The lowest BCUT2D eigenvalue weighted by Gasteiger charge is -2.12. The summed E-state index contributed by atoms with van der Waals surface area (Å²) in [5, 5.41) is 3.39. The van der Waals surface area contributed by atoms with Crippen LogP contribution in [-0.4, -0.2) is 0 Å². The molecular weight excluding hydrogens is 285 g/mol. The first-order valence-electron chi connectivity index (χ1n) is 4.82. The molecular formula is C12H8Cl2F2S. The summed E-state index contributed by atoms with van der Waals surface area (Å²) in [4.78, 5) is 0. The topological polar surface area (TPSA) is 0 Å². The van der Waals surface area contributed by atoms with Gasteiger partial charge in [-0.2, -0.15) is 11.3 Å². The van der Waals surface area contributed by atoms with Crippen molar-refractivity contribution in [1.82, 2.24) is 0 Å². The van der Waals surface area contributed by atoms with E-state index in [2.05, 4.69) is 0 Å². The molecule has 0 nitrogen and oxygen atoms in total. The van der Waals surface area contributed by atoms with E-state index >= 15 is 0 Å². The third-order valence-electron chi connectivity index (χ3n) is 2.48. The molecule has 0 fully saturated rings. The van der Waals surface area contributed by atoms with Crippen LogP contribution in [-0.2, 0) is 0 Å². The van der Waals surface area contributed by atoms with Gasteiger partial charge in [0.2, 0.25) is 0 Å². The standard InChI is InChI=1S/C12H8Cl2F2S/c1-6-4-17-5-8(6)12(14)7-2-10(15)11(16)3-9(7)13/h2-5,12H,1H3. The van der Waals surface area contributed by atoms with E-state index in [0.717, 1.165) is 23.3 Å². The maximum atomic E-state index is 13.2. The Hall–Kier alpha value is -0.640. The number of aryl methyl sites for hydroxylation is 1. The third kappa shape index (κ3) is 2.46. The quantitative estimate of drug-likeness (QED) is 0.519. The minimum atomic E-state index is -0.968. The van der Waals surface area contributed by atoms with Crippen molar-refractivity contribution in [2.24, 2.45) is 0 Å². The molecule has 0 aliphatic heterocycles. The van der Waals surface area contributed by atoms with Gasteiger partial charge in [-0.3, -0.25) is 0 Å². The molecule has 0 saturated carbocycles. The van der Waals surface area contributed by atoms with Gasteiger partial charge in [0.25, 0.3) is 0 Å². The first-order chi connectivity index (χ1) is 8.00. The number of rotatable bonds is 2. The highest BCUT2D eigenvalue weighted by Gasteiger charge is 2.19. The van der Waals surface area contributed by atoms with Gasteiger partial charge in [-0.25, -0.2) is 8.78 Å². The van der Waals surface area contributed by atoms with Crippen molar-refractivity contribution >= 4 is 34.5 Å². The van der Waals surface area contributed by atoms with E-state index in [4.69, 9.17) is 23.2 Å². The molecule has 0 radical (unpaired) electrons. The molecule has 0 spiro atoms. The zero-order valence-electron chi connectivity index (χ0n) is 8.81. The molecule has 5 heteroatoms. The highest BCUT2D eigenvalue weighted by atomic mass is 35.5. The predicted octanol–water partition coefficient (Wildman–Crippen LogP) is 5.32. The van der Waals surface area contributed by atoms with Gasteiger partial charge in [0, 0.05) is 5.02 Å². The van der Waals surface area contributed by atoms with E-state index < -0.39 is 17.0 Å². The fourth-order valence-electron chi connectivity index (χ4n) is 1.53. The van der Waals surface area contributed by atoms with E-state index in [1.165, 1.54) is 11.3 Å². The Bertz CT molecular complexity index is 551. The molecule has 0 amide bonds. The van der Waals surface area contributed by atoms with Crippen LogP contribution in [0.4, 0.5) is 8.78 Å². The molecule has 2 aromatic rings. The van der Waals surface area contributed by atoms with E-state index in [0.29, 0.717) is 5.56 Å². The molecule has 1 aromatic heterocycles. The fourth-order valence-corrected chi connectivity index (χ4v) is 3.21. The molecule has 0 bridgehead atoms. The van der Waals surface area contributed by atoms with Crippen LogP contribution >= 0.6 is 34.5 Å². The van der Waals surface area contributed by atoms with Gasteiger partial charge in [-0.1, -0.05) is 11.6 Å². The summed E-state index contributed by atoms with van der Waals surface area (Å²) in [6.45, 7) is 1.91. The van der Waals surface area contributed by atoms with Crippen LogP contribution in [0.2, 0.25) is 5.02 Å². The summed E-state index contributed by atoms with van der Waals surface area (Å²) in [7, 11) is 0. The average Bonchev–Trinajstić information content (AvgIpc) is 2.69. The van der Waals surface area contributed by atoms with Crippen LogP contribution in [0.25, 0.3) is 0 Å². The van der Waals surface area contributed by atoms with E-state index in [9.17, 15) is 8.78 Å². The number of halogens is 4. The van der Waals surface area contributed by atoms with Crippen LogP contribution in [0.1, 0.15) is 22.1 Å². The zero-order valence-corrected chi connectivity index (χ0v) is 11.1. The molecule has 0 aliphatic carbocycles. The van der Waals surface area contributed by atoms with Crippen LogP contribution < -0.4 is 0 Å². The number of thiophene rings is 1. The molecule has 0 N–H and O–H groups in total. The van der Waals surface area contributed by atoms with Crippen molar-refractivity contribution in [3.63, 3.8) is 0 Å². The number of alkyl halides is 1. The third-order valence-corrected chi connectivity index (χ3v) is 4.16. The highest BCUT2D eigenvalue weighted by Crippen LogP contribution is 2.37. The van der Waals surface area contributed by atoms with Gasteiger partial charge in [-0.05, 0) is 46.5 Å². The number of hydrogen-bond acceptors (Lipinski definition) is 1. The monoisotopic (exact) mass is 292 g/mol. The summed E-state index contributed by atoms with van der Waals surface area (Å²) in [6, 6.07) is 2.00. The predicted molar refractivity (Wildman–Crippen MR) is 68.1 cm³/mol. The maximum Gasteiger partial charge on any atom is 0.160 e. The molecule has 17 heavy (non-hydrogen) atoms. The van der Waals surface area contributed by atoms with Gasteiger partial charge in [0.05, 0.1) is 5.38 Å². The Morgan fingerprint density at radius 2 is 1.76 bits per heavy atom. The molecule has 0 aliphatic rings. The van der Waals surface area contributed by atoms with Crippen LogP contribution in [0.15, 0.2) is 22.9 Å². The van der Waals surface area contributed by atoms with E-state index in [-0.39, 0.29) is 5.02 Å². The lowest BCUT2D eigenvalue weighted by molar-refractivity contribution is 0.507. The van der Waals surface area contributed by atoms with Crippen molar-refractivity contribution in [2.75, 3.05) is 0 Å². The van der Waals surface area contributed by atoms with Crippen LogP contribution in [0.3, 0.4) is 0 Å². The Morgan fingerprint density at radius 1 is 1.12 bits per heavy atom. The van der Waals surface area contributed by atoms with E-state index in [1.807, 2.05) is 17.7 Å². The Labute approximate surface area is 112 Å². The second-order valence-corrected chi connectivity index (χ2v) is 5.25. The summed E-state index contributed by atoms with van der Waals surface area (Å²) in [5.41, 5.74) is 2.26. The molecule has 0 saturated heterocycles. The van der Waals surface area contributed by atoms with Gasteiger partial charge >= 0.3 is 0 Å². The lowest BCUT2D eigenvalue weighted by atomic mass is 10.0. The molecule has 90 valence electrons.